The van der Waals surface area contributed by atoms with Crippen molar-refractivity contribution in [2.75, 3.05) is 19.6 Å². The van der Waals surface area contributed by atoms with Gasteiger partial charge in [-0.2, -0.15) is 0 Å². The minimum atomic E-state index is -0.452. The van der Waals surface area contributed by atoms with E-state index >= 15 is 0 Å². The molecule has 3 heteroatoms. The highest BCUT2D eigenvalue weighted by Gasteiger charge is 2.18. The lowest BCUT2D eigenvalue weighted by molar-refractivity contribution is 0.106. The van der Waals surface area contributed by atoms with Gasteiger partial charge < -0.3 is 14.4 Å². The SMILES string of the molecule is CC1CCCN(CCC(O)c2ccco2)C1. The van der Waals surface area contributed by atoms with Gasteiger partial charge in [-0.05, 0) is 43.9 Å². The maximum Gasteiger partial charge on any atom is 0.132 e. The Morgan fingerprint density at radius 2 is 2.50 bits per heavy atom. The lowest BCUT2D eigenvalue weighted by Gasteiger charge is -2.31. The molecule has 2 atom stereocenters. The summed E-state index contributed by atoms with van der Waals surface area (Å²) in [6.45, 7) is 5.61. The van der Waals surface area contributed by atoms with Crippen LogP contribution in [0.5, 0.6) is 0 Å². The van der Waals surface area contributed by atoms with Crippen LogP contribution in [0.1, 0.15) is 38.1 Å². The monoisotopic (exact) mass is 223 g/mol. The molecule has 0 radical (unpaired) electrons. The Bertz CT molecular complexity index is 297. The third-order valence-electron chi connectivity index (χ3n) is 3.33. The lowest BCUT2D eigenvalue weighted by Crippen LogP contribution is -2.35. The van der Waals surface area contributed by atoms with E-state index in [-0.39, 0.29) is 0 Å². The topological polar surface area (TPSA) is 36.6 Å². The van der Waals surface area contributed by atoms with Gasteiger partial charge in [0.2, 0.25) is 0 Å². The molecule has 2 heterocycles. The first-order valence-corrected chi connectivity index (χ1v) is 6.19. The lowest BCUT2D eigenvalue weighted by atomic mass is 10.00. The maximum absolute atomic E-state index is 9.89. The molecule has 1 fully saturated rings. The number of piperidine rings is 1. The predicted octanol–water partition coefficient (Wildman–Crippen LogP) is 2.44. The van der Waals surface area contributed by atoms with Gasteiger partial charge in [-0.15, -0.1) is 0 Å². The van der Waals surface area contributed by atoms with Gasteiger partial charge in [-0.3, -0.25) is 0 Å². The molecule has 2 unspecified atom stereocenters. The summed E-state index contributed by atoms with van der Waals surface area (Å²) in [4.78, 5) is 2.44. The summed E-state index contributed by atoms with van der Waals surface area (Å²) in [7, 11) is 0. The summed E-state index contributed by atoms with van der Waals surface area (Å²) in [5.41, 5.74) is 0. The number of likely N-dealkylation sites (tertiary alicyclic amines) is 1. The number of rotatable bonds is 4. The fraction of sp³-hybridized carbons (Fsp3) is 0.692. The fourth-order valence-corrected chi connectivity index (χ4v) is 2.42. The molecule has 16 heavy (non-hydrogen) atoms. The molecule has 0 saturated carbocycles. The van der Waals surface area contributed by atoms with Crippen LogP contribution >= 0.6 is 0 Å². The average Bonchev–Trinajstić information content (AvgIpc) is 2.79. The Hall–Kier alpha value is -0.800. The van der Waals surface area contributed by atoms with Crippen molar-refractivity contribution >= 4 is 0 Å². The van der Waals surface area contributed by atoms with E-state index in [9.17, 15) is 5.11 Å². The second-order valence-corrected chi connectivity index (χ2v) is 4.87. The summed E-state index contributed by atoms with van der Waals surface area (Å²) < 4.78 is 5.19. The van der Waals surface area contributed by atoms with Crippen LogP contribution in [0.25, 0.3) is 0 Å². The van der Waals surface area contributed by atoms with Crippen LogP contribution < -0.4 is 0 Å². The van der Waals surface area contributed by atoms with Crippen LogP contribution in [0.4, 0.5) is 0 Å². The summed E-state index contributed by atoms with van der Waals surface area (Å²) in [6.07, 6.45) is 4.56. The number of nitrogens with zero attached hydrogens (tertiary/aromatic N) is 1. The molecule has 1 aromatic rings. The smallest absolute Gasteiger partial charge is 0.132 e. The molecular formula is C13H21NO2. The molecule has 1 aliphatic rings. The summed E-state index contributed by atoms with van der Waals surface area (Å²) in [6, 6.07) is 3.66. The highest BCUT2D eigenvalue weighted by atomic mass is 16.4. The van der Waals surface area contributed by atoms with Crippen LogP contribution in [0.15, 0.2) is 22.8 Å². The van der Waals surface area contributed by atoms with Gasteiger partial charge >= 0.3 is 0 Å². The molecule has 0 aromatic carbocycles. The normalized spacial score (nSPS) is 24.5. The molecule has 0 bridgehead atoms. The quantitative estimate of drug-likeness (QED) is 0.851. The van der Waals surface area contributed by atoms with E-state index in [0.717, 1.165) is 18.9 Å². The maximum atomic E-state index is 9.89. The van der Waals surface area contributed by atoms with E-state index in [4.69, 9.17) is 4.42 Å². The van der Waals surface area contributed by atoms with E-state index in [1.807, 2.05) is 12.1 Å². The van der Waals surface area contributed by atoms with E-state index < -0.39 is 6.10 Å². The third kappa shape index (κ3) is 3.09. The van der Waals surface area contributed by atoms with Crippen LogP contribution in [0, 0.1) is 5.92 Å². The summed E-state index contributed by atoms with van der Waals surface area (Å²) in [5, 5.41) is 9.89. The molecular weight excluding hydrogens is 202 g/mol. The molecule has 90 valence electrons. The van der Waals surface area contributed by atoms with E-state index in [1.165, 1.54) is 25.9 Å². The Morgan fingerprint density at radius 1 is 1.62 bits per heavy atom. The highest BCUT2D eigenvalue weighted by Crippen LogP contribution is 2.20. The van der Waals surface area contributed by atoms with Gasteiger partial charge in [-0.25, -0.2) is 0 Å². The van der Waals surface area contributed by atoms with Crippen molar-refractivity contribution in [1.29, 1.82) is 0 Å². The van der Waals surface area contributed by atoms with Crippen molar-refractivity contribution in [2.24, 2.45) is 5.92 Å². The molecule has 0 amide bonds. The number of hydrogen-bond donors (Lipinski definition) is 1. The van der Waals surface area contributed by atoms with Gasteiger partial charge in [0.15, 0.2) is 0 Å². The highest BCUT2D eigenvalue weighted by molar-refractivity contribution is 5.01. The van der Waals surface area contributed by atoms with Crippen molar-refractivity contribution in [2.45, 2.75) is 32.3 Å². The van der Waals surface area contributed by atoms with Gasteiger partial charge in [0, 0.05) is 13.1 Å². The van der Waals surface area contributed by atoms with Crippen LogP contribution in [0.3, 0.4) is 0 Å². The zero-order chi connectivity index (χ0) is 11.4. The Balaban J connectivity index is 1.74. The van der Waals surface area contributed by atoms with Crippen LogP contribution in [-0.2, 0) is 0 Å². The number of furan rings is 1. The number of hydrogen-bond acceptors (Lipinski definition) is 3. The van der Waals surface area contributed by atoms with E-state index in [2.05, 4.69) is 11.8 Å². The summed E-state index contributed by atoms with van der Waals surface area (Å²) >= 11 is 0. The first-order chi connectivity index (χ1) is 7.75. The van der Waals surface area contributed by atoms with Gasteiger partial charge in [-0.1, -0.05) is 6.92 Å². The zero-order valence-corrected chi connectivity index (χ0v) is 9.93. The van der Waals surface area contributed by atoms with Crippen LogP contribution in [-0.4, -0.2) is 29.6 Å². The average molecular weight is 223 g/mol. The van der Waals surface area contributed by atoms with Crippen molar-refractivity contribution in [3.8, 4) is 0 Å². The Labute approximate surface area is 97.1 Å². The second kappa shape index (κ2) is 5.51. The predicted molar refractivity (Wildman–Crippen MR) is 63.1 cm³/mol. The summed E-state index contributed by atoms with van der Waals surface area (Å²) in [5.74, 6) is 1.49. The molecule has 1 saturated heterocycles. The van der Waals surface area contributed by atoms with Gasteiger partial charge in [0.1, 0.15) is 11.9 Å². The molecule has 0 aliphatic carbocycles. The fourth-order valence-electron chi connectivity index (χ4n) is 2.42. The van der Waals surface area contributed by atoms with Crippen molar-refractivity contribution in [3.63, 3.8) is 0 Å². The molecule has 2 rings (SSSR count). The largest absolute Gasteiger partial charge is 0.467 e. The van der Waals surface area contributed by atoms with E-state index in [1.54, 1.807) is 6.26 Å². The molecule has 3 nitrogen and oxygen atoms in total. The molecule has 1 aliphatic heterocycles. The second-order valence-electron chi connectivity index (χ2n) is 4.87. The van der Waals surface area contributed by atoms with Crippen molar-refractivity contribution < 1.29 is 9.52 Å². The minimum Gasteiger partial charge on any atom is -0.467 e. The first kappa shape index (κ1) is 11.7. The van der Waals surface area contributed by atoms with Crippen molar-refractivity contribution in [3.05, 3.63) is 24.2 Å². The third-order valence-corrected chi connectivity index (χ3v) is 3.33. The van der Waals surface area contributed by atoms with Gasteiger partial charge in [0.05, 0.1) is 6.26 Å². The number of aliphatic hydroxyl groups is 1. The standard InChI is InChI=1S/C13H21NO2/c1-11-4-2-7-14(10-11)8-6-12(15)13-5-3-9-16-13/h3,5,9,11-12,15H,2,4,6-8,10H2,1H3. The molecule has 0 spiro atoms. The molecule has 1 N–H and O–H groups in total. The van der Waals surface area contributed by atoms with Crippen molar-refractivity contribution in [1.82, 2.24) is 4.90 Å². The first-order valence-electron chi connectivity index (χ1n) is 6.19. The zero-order valence-electron chi connectivity index (χ0n) is 9.93. The minimum absolute atomic E-state index is 0.452. The number of aliphatic hydroxyl groups excluding tert-OH is 1. The Kier molecular flexibility index (Phi) is 4.02. The van der Waals surface area contributed by atoms with E-state index in [0.29, 0.717) is 5.76 Å². The van der Waals surface area contributed by atoms with Crippen LogP contribution in [0.2, 0.25) is 0 Å². The Morgan fingerprint density at radius 3 is 3.19 bits per heavy atom. The molecule has 1 aromatic heterocycles. The van der Waals surface area contributed by atoms with Gasteiger partial charge in [0.25, 0.3) is 0 Å².